The third-order valence-corrected chi connectivity index (χ3v) is 8.72. The first-order valence-electron chi connectivity index (χ1n) is 14.7. The lowest BCUT2D eigenvalue weighted by Gasteiger charge is -2.33. The smallest absolute Gasteiger partial charge is 0.272 e. The van der Waals surface area contributed by atoms with Crippen LogP contribution in [0, 0.1) is 0 Å². The second-order valence-electron chi connectivity index (χ2n) is 11.1. The number of alkyl halides is 2. The number of thiazole rings is 1. The van der Waals surface area contributed by atoms with Gasteiger partial charge in [0.05, 0.1) is 38.1 Å². The van der Waals surface area contributed by atoms with Crippen molar-refractivity contribution in [1.82, 2.24) is 25.0 Å². The largest absolute Gasteiger partial charge is 0.496 e. The molecular weight excluding hydrogens is 578 g/mol. The van der Waals surface area contributed by atoms with E-state index in [-0.39, 0.29) is 37.0 Å². The molecule has 2 N–H and O–H groups in total. The molecule has 1 aliphatic carbocycles. The number of carbonyl (C=O) groups is 2. The van der Waals surface area contributed by atoms with Gasteiger partial charge in [0.25, 0.3) is 11.8 Å². The molecule has 0 radical (unpaired) electrons. The van der Waals surface area contributed by atoms with Crippen LogP contribution in [0.5, 0.6) is 11.5 Å². The molecule has 5 rings (SSSR count). The van der Waals surface area contributed by atoms with Gasteiger partial charge in [-0.2, -0.15) is 5.10 Å². The second kappa shape index (κ2) is 13.8. The predicted octanol–water partition coefficient (Wildman–Crippen LogP) is 5.39. The molecule has 0 spiro atoms. The maximum absolute atomic E-state index is 14.0. The van der Waals surface area contributed by atoms with E-state index < -0.39 is 17.9 Å². The number of anilines is 1. The van der Waals surface area contributed by atoms with E-state index in [4.69, 9.17) is 14.6 Å². The lowest BCUT2D eigenvalue weighted by atomic mass is 10.0. The number of hydrogen-bond donors (Lipinski definition) is 2. The first kappa shape index (κ1) is 30.9. The van der Waals surface area contributed by atoms with Crippen molar-refractivity contribution < 1.29 is 27.8 Å². The summed E-state index contributed by atoms with van der Waals surface area (Å²) in [4.78, 5) is 32.4. The van der Waals surface area contributed by atoms with E-state index in [0.717, 1.165) is 25.7 Å². The van der Waals surface area contributed by atoms with Crippen LogP contribution in [0.2, 0.25) is 0 Å². The van der Waals surface area contributed by atoms with Crippen LogP contribution in [0.4, 0.5) is 13.9 Å². The van der Waals surface area contributed by atoms with Crippen LogP contribution in [0.15, 0.2) is 35.8 Å². The second-order valence-corrected chi connectivity index (χ2v) is 12.0. The number of benzene rings is 1. The minimum atomic E-state index is -2.73. The summed E-state index contributed by atoms with van der Waals surface area (Å²) in [6, 6.07) is 6.75. The molecule has 2 aliphatic rings. The highest BCUT2D eigenvalue weighted by molar-refractivity contribution is 7.13. The number of rotatable bonds is 12. The zero-order valence-electron chi connectivity index (χ0n) is 24.5. The summed E-state index contributed by atoms with van der Waals surface area (Å²) in [6.07, 6.45) is 6.17. The molecule has 2 amide bonds. The van der Waals surface area contributed by atoms with Crippen molar-refractivity contribution in [2.45, 2.75) is 69.4 Å². The molecule has 2 aromatic heterocycles. The van der Waals surface area contributed by atoms with Crippen molar-refractivity contribution in [3.63, 3.8) is 0 Å². The molecule has 1 aromatic carbocycles. The fourth-order valence-corrected chi connectivity index (χ4v) is 6.51. The van der Waals surface area contributed by atoms with Crippen molar-refractivity contribution in [2.75, 3.05) is 39.2 Å². The SMILES string of the molecule is COc1cccc(OC)c1-c1cc(C(=O)N[C@@H](CCN2CCCC(F)(F)C2)CC(=O)Nc2nccs2)nn1C1CCCC1. The Kier molecular flexibility index (Phi) is 9.91. The molecule has 0 bridgehead atoms. The van der Waals surface area contributed by atoms with Crippen LogP contribution in [0.3, 0.4) is 0 Å². The lowest BCUT2D eigenvalue weighted by molar-refractivity contribution is -0.116. The molecule has 1 atom stereocenters. The lowest BCUT2D eigenvalue weighted by Crippen LogP contribution is -2.45. The van der Waals surface area contributed by atoms with E-state index in [1.165, 1.54) is 11.3 Å². The van der Waals surface area contributed by atoms with Gasteiger partial charge in [-0.05, 0) is 50.4 Å². The Bertz CT molecular complexity index is 1370. The van der Waals surface area contributed by atoms with Crippen molar-refractivity contribution in [3.05, 3.63) is 41.5 Å². The molecule has 232 valence electrons. The van der Waals surface area contributed by atoms with E-state index in [1.54, 1.807) is 36.8 Å². The van der Waals surface area contributed by atoms with Crippen molar-refractivity contribution in [3.8, 4) is 22.8 Å². The molecule has 1 aliphatic heterocycles. The van der Waals surface area contributed by atoms with E-state index in [1.807, 2.05) is 22.9 Å². The molecule has 1 saturated heterocycles. The zero-order chi connectivity index (χ0) is 30.4. The van der Waals surface area contributed by atoms with Gasteiger partial charge in [-0.15, -0.1) is 11.3 Å². The number of nitrogens with zero attached hydrogens (tertiary/aromatic N) is 4. The van der Waals surface area contributed by atoms with Gasteiger partial charge in [0, 0.05) is 37.0 Å². The molecule has 0 unspecified atom stereocenters. The molecular formula is C30H38F2N6O4S. The van der Waals surface area contributed by atoms with Crippen LogP contribution < -0.4 is 20.1 Å². The van der Waals surface area contributed by atoms with Crippen LogP contribution >= 0.6 is 11.3 Å². The van der Waals surface area contributed by atoms with Gasteiger partial charge in [-0.1, -0.05) is 18.9 Å². The molecule has 10 nitrogen and oxygen atoms in total. The van der Waals surface area contributed by atoms with Gasteiger partial charge >= 0.3 is 0 Å². The molecule has 13 heteroatoms. The number of ether oxygens (including phenoxy) is 2. The minimum Gasteiger partial charge on any atom is -0.496 e. The predicted molar refractivity (Wildman–Crippen MR) is 160 cm³/mol. The molecule has 3 heterocycles. The number of hydrogen-bond acceptors (Lipinski definition) is 8. The van der Waals surface area contributed by atoms with Gasteiger partial charge in [0.2, 0.25) is 5.91 Å². The molecule has 2 fully saturated rings. The van der Waals surface area contributed by atoms with Gasteiger partial charge in [0.1, 0.15) is 11.5 Å². The number of nitrogens with one attached hydrogen (secondary N) is 2. The first-order valence-corrected chi connectivity index (χ1v) is 15.6. The van der Waals surface area contributed by atoms with Crippen molar-refractivity contribution in [1.29, 1.82) is 0 Å². The highest BCUT2D eigenvalue weighted by Crippen LogP contribution is 2.42. The Balaban J connectivity index is 1.39. The molecule has 3 aromatic rings. The Hall–Kier alpha value is -3.58. The third kappa shape index (κ3) is 7.69. The highest BCUT2D eigenvalue weighted by Gasteiger charge is 2.35. The summed E-state index contributed by atoms with van der Waals surface area (Å²) < 4.78 is 41.3. The summed E-state index contributed by atoms with van der Waals surface area (Å²) in [5.41, 5.74) is 1.61. The van der Waals surface area contributed by atoms with E-state index in [0.29, 0.717) is 53.8 Å². The van der Waals surface area contributed by atoms with E-state index in [9.17, 15) is 18.4 Å². The molecule has 1 saturated carbocycles. The standard InChI is InChI=1S/C30H38F2N6O4S/c1-41-24-9-5-10-25(42-2)27(24)23-18-22(36-38(23)21-7-3-4-8-21)28(40)34-20(17-26(39)35-29-33-13-16-43-29)11-15-37-14-6-12-30(31,32)19-37/h5,9-10,13,16,18,20-21H,3-4,6-8,11-12,14-15,17,19H2,1-2H3,(H,34,40)(H,33,35,39)/t20-/m0/s1. The maximum Gasteiger partial charge on any atom is 0.272 e. The van der Waals surface area contributed by atoms with Gasteiger partial charge in [-0.3, -0.25) is 19.2 Å². The normalized spacial score (nSPS) is 17.9. The minimum absolute atomic E-state index is 0.0356. The Morgan fingerprint density at radius 2 is 1.91 bits per heavy atom. The summed E-state index contributed by atoms with van der Waals surface area (Å²) in [5, 5.41) is 12.7. The first-order chi connectivity index (χ1) is 20.8. The maximum atomic E-state index is 14.0. The number of amides is 2. The number of carbonyl (C=O) groups excluding carboxylic acids is 2. The number of likely N-dealkylation sites (tertiary alicyclic amines) is 1. The van der Waals surface area contributed by atoms with Crippen LogP contribution in [0.1, 0.15) is 67.9 Å². The van der Waals surface area contributed by atoms with E-state index in [2.05, 4.69) is 15.6 Å². The molecule has 43 heavy (non-hydrogen) atoms. The Labute approximate surface area is 253 Å². The fourth-order valence-electron chi connectivity index (χ4n) is 5.96. The van der Waals surface area contributed by atoms with Crippen LogP contribution in [0.25, 0.3) is 11.3 Å². The fraction of sp³-hybridized carbons (Fsp3) is 0.533. The van der Waals surface area contributed by atoms with Crippen molar-refractivity contribution in [2.24, 2.45) is 0 Å². The van der Waals surface area contributed by atoms with Gasteiger partial charge in [0.15, 0.2) is 10.8 Å². The summed E-state index contributed by atoms with van der Waals surface area (Å²) in [5.74, 6) is -2.30. The monoisotopic (exact) mass is 616 g/mol. The third-order valence-electron chi connectivity index (χ3n) is 8.03. The Morgan fingerprint density at radius 1 is 1.16 bits per heavy atom. The summed E-state index contributed by atoms with van der Waals surface area (Å²) in [6.45, 7) is 0.553. The quantitative estimate of drug-likeness (QED) is 0.281. The number of piperidine rings is 1. The van der Waals surface area contributed by atoms with Crippen LogP contribution in [-0.2, 0) is 4.79 Å². The number of methoxy groups -OCH3 is 2. The highest BCUT2D eigenvalue weighted by atomic mass is 32.1. The average molecular weight is 617 g/mol. The van der Waals surface area contributed by atoms with Gasteiger partial charge < -0.3 is 20.1 Å². The average Bonchev–Trinajstić information content (AvgIpc) is 3.77. The topological polar surface area (TPSA) is 111 Å². The summed E-state index contributed by atoms with van der Waals surface area (Å²) in [7, 11) is 3.17. The Morgan fingerprint density at radius 3 is 2.56 bits per heavy atom. The van der Waals surface area contributed by atoms with E-state index >= 15 is 0 Å². The van der Waals surface area contributed by atoms with Crippen molar-refractivity contribution >= 4 is 28.3 Å². The summed E-state index contributed by atoms with van der Waals surface area (Å²) >= 11 is 1.29. The van der Waals surface area contributed by atoms with Gasteiger partial charge in [-0.25, -0.2) is 13.8 Å². The number of aromatic nitrogens is 3. The zero-order valence-corrected chi connectivity index (χ0v) is 25.3. The number of halogens is 2. The van der Waals surface area contributed by atoms with Crippen LogP contribution in [-0.4, -0.2) is 77.3 Å².